The summed E-state index contributed by atoms with van der Waals surface area (Å²) in [4.78, 5) is 22.0. The molecule has 0 spiro atoms. The van der Waals surface area contributed by atoms with Crippen molar-refractivity contribution in [3.63, 3.8) is 0 Å². The van der Waals surface area contributed by atoms with Crippen LogP contribution in [-0.2, 0) is 4.84 Å². The molecule has 0 radical (unpaired) electrons. The molecule has 6 heteroatoms. The van der Waals surface area contributed by atoms with Crippen molar-refractivity contribution in [1.29, 1.82) is 0 Å². The van der Waals surface area contributed by atoms with Crippen LogP contribution >= 0.6 is 0 Å². The Morgan fingerprint density at radius 3 is 2.39 bits per heavy atom. The fraction of sp³-hybridized carbons (Fsp3) is 0.864. The maximum atomic E-state index is 6.57. The minimum atomic E-state index is -0.0785. The van der Waals surface area contributed by atoms with Crippen molar-refractivity contribution < 1.29 is 4.84 Å². The van der Waals surface area contributed by atoms with E-state index < -0.39 is 0 Å². The molecule has 28 heavy (non-hydrogen) atoms. The van der Waals surface area contributed by atoms with Gasteiger partial charge in [0.15, 0.2) is 0 Å². The number of anilines is 1. The van der Waals surface area contributed by atoms with Crippen LogP contribution in [-0.4, -0.2) is 50.8 Å². The minimum absolute atomic E-state index is 0.0142. The fourth-order valence-electron chi connectivity index (χ4n) is 4.79. The first-order valence-electron chi connectivity index (χ1n) is 11.2. The predicted molar refractivity (Wildman–Crippen MR) is 113 cm³/mol. The van der Waals surface area contributed by atoms with E-state index >= 15 is 0 Å². The Kier molecular flexibility index (Phi) is 6.92. The van der Waals surface area contributed by atoms with E-state index in [0.717, 1.165) is 38.3 Å². The summed E-state index contributed by atoms with van der Waals surface area (Å²) >= 11 is 0. The number of nitrogens with zero attached hydrogens (tertiary/aromatic N) is 5. The molecule has 2 aliphatic rings. The summed E-state index contributed by atoms with van der Waals surface area (Å²) in [6, 6.07) is 0.364. The second-order valence-corrected chi connectivity index (χ2v) is 9.54. The third-order valence-electron chi connectivity index (χ3n) is 7.33. The van der Waals surface area contributed by atoms with Gasteiger partial charge < -0.3 is 4.90 Å². The lowest BCUT2D eigenvalue weighted by atomic mass is 9.65. The van der Waals surface area contributed by atoms with Crippen LogP contribution in [0, 0.1) is 5.41 Å². The first kappa shape index (κ1) is 21.4. The van der Waals surface area contributed by atoms with Crippen molar-refractivity contribution in [2.24, 2.45) is 5.41 Å². The normalized spacial score (nSPS) is 25.5. The van der Waals surface area contributed by atoms with Gasteiger partial charge in [0.25, 0.3) is 0 Å². The number of piperidine rings is 1. The largest absolute Gasteiger partial charge is 0.337 e. The van der Waals surface area contributed by atoms with E-state index in [1.807, 2.05) is 0 Å². The quantitative estimate of drug-likeness (QED) is 0.678. The molecule has 0 N–H and O–H groups in total. The molecule has 1 aliphatic carbocycles. The van der Waals surface area contributed by atoms with Gasteiger partial charge in [-0.3, -0.25) is 4.84 Å². The highest BCUT2D eigenvalue weighted by Crippen LogP contribution is 2.47. The summed E-state index contributed by atoms with van der Waals surface area (Å²) in [5.41, 5.74) is -0.0643. The van der Waals surface area contributed by atoms with Crippen LogP contribution in [0.5, 0.6) is 0 Å². The zero-order valence-electron chi connectivity index (χ0n) is 18.5. The van der Waals surface area contributed by atoms with E-state index in [4.69, 9.17) is 4.84 Å². The van der Waals surface area contributed by atoms with Gasteiger partial charge in [-0.05, 0) is 39.5 Å². The average Bonchev–Trinajstić information content (AvgIpc) is 2.69. The highest BCUT2D eigenvalue weighted by molar-refractivity contribution is 5.32. The van der Waals surface area contributed by atoms with Crippen LogP contribution in [0.4, 0.5) is 5.95 Å². The second kappa shape index (κ2) is 9.04. The maximum Gasteiger partial charge on any atom is 0.228 e. The molecule has 1 aromatic heterocycles. The van der Waals surface area contributed by atoms with Crippen molar-refractivity contribution in [2.45, 2.75) is 104 Å². The zero-order chi connectivity index (χ0) is 20.2. The van der Waals surface area contributed by atoms with Crippen LogP contribution in [0.25, 0.3) is 0 Å². The molecule has 1 saturated carbocycles. The van der Waals surface area contributed by atoms with E-state index in [2.05, 4.69) is 59.5 Å². The molecule has 6 nitrogen and oxygen atoms in total. The zero-order valence-corrected chi connectivity index (χ0v) is 18.5. The molecule has 0 amide bonds. The molecule has 2 heterocycles. The van der Waals surface area contributed by atoms with Gasteiger partial charge in [0.05, 0.1) is 6.10 Å². The Labute approximate surface area is 171 Å². The average molecular weight is 390 g/mol. The number of hydroxylamine groups is 2. The number of hydrogen-bond donors (Lipinski definition) is 0. The lowest BCUT2D eigenvalue weighted by molar-refractivity contribution is -0.289. The van der Waals surface area contributed by atoms with Gasteiger partial charge in [0.1, 0.15) is 12.7 Å². The van der Waals surface area contributed by atoms with Gasteiger partial charge in [-0.1, -0.05) is 46.5 Å². The maximum absolute atomic E-state index is 6.57. The molecule has 0 bridgehead atoms. The van der Waals surface area contributed by atoms with Gasteiger partial charge in [-0.2, -0.15) is 5.06 Å². The van der Waals surface area contributed by atoms with Crippen LogP contribution in [0.3, 0.4) is 0 Å². The van der Waals surface area contributed by atoms with Gasteiger partial charge in [0.2, 0.25) is 5.95 Å². The van der Waals surface area contributed by atoms with Crippen LogP contribution in [0.1, 0.15) is 86.0 Å². The molecule has 1 unspecified atom stereocenters. The highest BCUT2D eigenvalue weighted by Gasteiger charge is 2.53. The van der Waals surface area contributed by atoms with E-state index in [1.54, 1.807) is 12.7 Å². The molecule has 3 rings (SSSR count). The summed E-state index contributed by atoms with van der Waals surface area (Å²) in [6.45, 7) is 13.6. The van der Waals surface area contributed by atoms with Crippen molar-refractivity contribution in [3.8, 4) is 0 Å². The molecule has 2 fully saturated rings. The molecular weight excluding hydrogens is 350 g/mol. The molecule has 1 aliphatic heterocycles. The molecule has 1 saturated heterocycles. The Balaban J connectivity index is 1.80. The summed E-state index contributed by atoms with van der Waals surface area (Å²) in [6.07, 6.45) is 13.3. The van der Waals surface area contributed by atoms with E-state index in [0.29, 0.717) is 12.1 Å². The third kappa shape index (κ3) is 4.33. The van der Waals surface area contributed by atoms with Crippen molar-refractivity contribution in [1.82, 2.24) is 20.0 Å². The Bertz CT molecular complexity index is 600. The highest BCUT2D eigenvalue weighted by atomic mass is 16.7. The summed E-state index contributed by atoms with van der Waals surface area (Å²) < 4.78 is 0. The second-order valence-electron chi connectivity index (χ2n) is 9.54. The molecule has 158 valence electrons. The monoisotopic (exact) mass is 389 g/mol. The van der Waals surface area contributed by atoms with Crippen LogP contribution in [0.2, 0.25) is 0 Å². The smallest absolute Gasteiger partial charge is 0.228 e. The van der Waals surface area contributed by atoms with E-state index in [1.165, 1.54) is 32.1 Å². The molecule has 0 aromatic carbocycles. The first-order valence-corrected chi connectivity index (χ1v) is 11.2. The minimum Gasteiger partial charge on any atom is -0.337 e. The van der Waals surface area contributed by atoms with Gasteiger partial charge in [0, 0.05) is 30.1 Å². The lowest BCUT2D eigenvalue weighted by Crippen LogP contribution is -2.67. The topological polar surface area (TPSA) is 54.4 Å². The fourth-order valence-corrected chi connectivity index (χ4v) is 4.79. The number of unbranched alkanes of at least 4 members (excludes halogenated alkanes) is 1. The summed E-state index contributed by atoms with van der Waals surface area (Å²) in [5.74, 6) is 0.805. The Morgan fingerprint density at radius 2 is 1.75 bits per heavy atom. The van der Waals surface area contributed by atoms with Gasteiger partial charge in [-0.15, -0.1) is 0 Å². The molecule has 1 atom stereocenters. The van der Waals surface area contributed by atoms with E-state index in [-0.39, 0.29) is 11.0 Å². The van der Waals surface area contributed by atoms with Crippen molar-refractivity contribution in [2.75, 3.05) is 18.0 Å². The number of aromatic nitrogens is 3. The number of hydrogen-bond acceptors (Lipinski definition) is 6. The Morgan fingerprint density at radius 1 is 1.07 bits per heavy atom. The van der Waals surface area contributed by atoms with Gasteiger partial charge >= 0.3 is 0 Å². The summed E-state index contributed by atoms with van der Waals surface area (Å²) in [5, 5.41) is 2.30. The van der Waals surface area contributed by atoms with E-state index in [9.17, 15) is 0 Å². The molecule has 1 aromatic rings. The molecular formula is C22H39N5O. The third-order valence-corrected chi connectivity index (χ3v) is 7.33. The van der Waals surface area contributed by atoms with Crippen molar-refractivity contribution in [3.05, 3.63) is 12.7 Å². The number of rotatable bonds is 7. The standard InChI is InChI=1S/C22H39N5O/c1-6-7-14-26(20-24-16-23-17-25-20)19-13-15-27(22(4,5)21(19,2)3)28-18-11-9-8-10-12-18/h16-19H,6-15H2,1-5H3. The van der Waals surface area contributed by atoms with Crippen molar-refractivity contribution >= 4 is 5.95 Å². The SMILES string of the molecule is CCCCN(c1ncncn1)C1CCN(OC2CCCCC2)C(C)(C)C1(C)C. The Hall–Kier alpha value is -1.27. The first-order chi connectivity index (χ1) is 13.4. The van der Waals surface area contributed by atoms with Gasteiger partial charge in [-0.25, -0.2) is 15.0 Å². The van der Waals surface area contributed by atoms with Crippen LogP contribution < -0.4 is 4.90 Å². The summed E-state index contributed by atoms with van der Waals surface area (Å²) in [7, 11) is 0. The lowest BCUT2D eigenvalue weighted by Gasteiger charge is -2.59. The predicted octanol–water partition coefficient (Wildman–Crippen LogP) is 4.62. The van der Waals surface area contributed by atoms with Crippen LogP contribution in [0.15, 0.2) is 12.7 Å².